The Morgan fingerprint density at radius 3 is 3.00 bits per heavy atom. The van der Waals surface area contributed by atoms with Crippen LogP contribution in [-0.2, 0) is 0 Å². The topological polar surface area (TPSA) is 46.2 Å². The van der Waals surface area contributed by atoms with Crippen molar-refractivity contribution in [1.82, 2.24) is 4.98 Å². The number of nitrogens with one attached hydrogen (secondary N) is 2. The Balaban J connectivity index is 1.86. The smallest absolute Gasteiger partial charge is 0.215 e. The van der Waals surface area contributed by atoms with Gasteiger partial charge in [0.1, 0.15) is 0 Å². The van der Waals surface area contributed by atoms with E-state index in [1.54, 1.807) is 7.11 Å². The molecule has 4 nitrogen and oxygen atoms in total. The standard InChI is InChI=1S/C14H21N3O/c1-18-13-8-7-12-14(17-13)16-11-6-4-2-3-5-10(11)9-15-12/h7-8,10-11,15H,2-6,9H2,1H3,(H,16,17). The highest BCUT2D eigenvalue weighted by Gasteiger charge is 2.27. The van der Waals surface area contributed by atoms with Gasteiger partial charge in [-0.1, -0.05) is 19.3 Å². The summed E-state index contributed by atoms with van der Waals surface area (Å²) in [4.78, 5) is 4.52. The van der Waals surface area contributed by atoms with Gasteiger partial charge < -0.3 is 15.4 Å². The molecule has 0 aromatic carbocycles. The van der Waals surface area contributed by atoms with Crippen LogP contribution in [0, 0.1) is 5.92 Å². The molecule has 0 amide bonds. The van der Waals surface area contributed by atoms with Gasteiger partial charge in [-0.15, -0.1) is 0 Å². The molecule has 3 rings (SSSR count). The maximum atomic E-state index is 5.20. The van der Waals surface area contributed by atoms with E-state index in [1.165, 1.54) is 32.1 Å². The lowest BCUT2D eigenvalue weighted by atomic mass is 9.95. The Morgan fingerprint density at radius 1 is 1.22 bits per heavy atom. The Bertz CT molecular complexity index is 422. The summed E-state index contributed by atoms with van der Waals surface area (Å²) in [5, 5.41) is 7.15. The van der Waals surface area contributed by atoms with Crippen LogP contribution in [0.5, 0.6) is 5.88 Å². The van der Waals surface area contributed by atoms with Gasteiger partial charge in [0, 0.05) is 18.7 Å². The first-order valence-electron chi connectivity index (χ1n) is 6.92. The van der Waals surface area contributed by atoms with Crippen LogP contribution in [0.25, 0.3) is 0 Å². The van der Waals surface area contributed by atoms with E-state index in [-0.39, 0.29) is 0 Å². The number of anilines is 2. The van der Waals surface area contributed by atoms with E-state index in [0.717, 1.165) is 18.1 Å². The number of pyridine rings is 1. The predicted molar refractivity (Wildman–Crippen MR) is 73.3 cm³/mol. The fourth-order valence-electron chi connectivity index (χ4n) is 3.04. The average molecular weight is 247 g/mol. The van der Waals surface area contributed by atoms with Gasteiger partial charge in [0.15, 0.2) is 5.82 Å². The highest BCUT2D eigenvalue weighted by Crippen LogP contribution is 2.33. The summed E-state index contributed by atoms with van der Waals surface area (Å²) in [6.45, 7) is 1.05. The van der Waals surface area contributed by atoms with Crippen LogP contribution in [0.2, 0.25) is 0 Å². The van der Waals surface area contributed by atoms with Crippen molar-refractivity contribution in [3.63, 3.8) is 0 Å². The Kier molecular flexibility index (Phi) is 3.26. The summed E-state index contributed by atoms with van der Waals surface area (Å²) in [7, 11) is 1.66. The molecule has 0 saturated heterocycles. The van der Waals surface area contributed by atoms with Crippen molar-refractivity contribution in [1.29, 1.82) is 0 Å². The summed E-state index contributed by atoms with van der Waals surface area (Å²) >= 11 is 0. The molecular formula is C14H21N3O. The maximum Gasteiger partial charge on any atom is 0.215 e. The van der Waals surface area contributed by atoms with Crippen LogP contribution in [0.15, 0.2) is 12.1 Å². The van der Waals surface area contributed by atoms with Gasteiger partial charge >= 0.3 is 0 Å². The molecule has 2 N–H and O–H groups in total. The lowest BCUT2D eigenvalue weighted by Gasteiger charge is -2.23. The van der Waals surface area contributed by atoms with E-state index in [4.69, 9.17) is 4.74 Å². The molecule has 1 aliphatic heterocycles. The maximum absolute atomic E-state index is 5.20. The zero-order valence-corrected chi connectivity index (χ0v) is 10.9. The molecule has 2 aliphatic rings. The van der Waals surface area contributed by atoms with E-state index < -0.39 is 0 Å². The molecule has 98 valence electrons. The van der Waals surface area contributed by atoms with Crippen LogP contribution < -0.4 is 15.4 Å². The molecule has 1 fully saturated rings. The second-order valence-electron chi connectivity index (χ2n) is 5.28. The lowest BCUT2D eigenvalue weighted by Crippen LogP contribution is -2.30. The van der Waals surface area contributed by atoms with E-state index in [9.17, 15) is 0 Å². The summed E-state index contributed by atoms with van der Waals surface area (Å²) in [5.41, 5.74) is 1.10. The zero-order chi connectivity index (χ0) is 12.4. The second-order valence-corrected chi connectivity index (χ2v) is 5.28. The first kappa shape index (κ1) is 11.6. The minimum Gasteiger partial charge on any atom is -0.481 e. The van der Waals surface area contributed by atoms with Gasteiger partial charge in [-0.05, 0) is 24.8 Å². The Hall–Kier alpha value is -1.45. The van der Waals surface area contributed by atoms with Crippen molar-refractivity contribution >= 4 is 11.5 Å². The van der Waals surface area contributed by atoms with Crippen LogP contribution in [0.1, 0.15) is 32.1 Å². The minimum atomic E-state index is 0.556. The SMILES string of the molecule is COc1ccc2c(n1)NC1CCCCCC1CN2. The first-order chi connectivity index (χ1) is 8.86. The van der Waals surface area contributed by atoms with E-state index in [0.29, 0.717) is 17.8 Å². The fraction of sp³-hybridized carbons (Fsp3) is 0.643. The van der Waals surface area contributed by atoms with Crippen molar-refractivity contribution in [2.45, 2.75) is 38.1 Å². The third-order valence-electron chi connectivity index (χ3n) is 4.11. The van der Waals surface area contributed by atoms with Gasteiger partial charge in [0.05, 0.1) is 12.8 Å². The van der Waals surface area contributed by atoms with E-state index in [2.05, 4.69) is 21.7 Å². The molecule has 0 radical (unpaired) electrons. The third-order valence-corrected chi connectivity index (χ3v) is 4.11. The molecule has 18 heavy (non-hydrogen) atoms. The van der Waals surface area contributed by atoms with E-state index >= 15 is 0 Å². The number of hydrogen-bond donors (Lipinski definition) is 2. The van der Waals surface area contributed by atoms with Gasteiger partial charge in [0.2, 0.25) is 5.88 Å². The highest BCUT2D eigenvalue weighted by molar-refractivity contribution is 5.66. The fourth-order valence-corrected chi connectivity index (χ4v) is 3.04. The Labute approximate surface area is 108 Å². The van der Waals surface area contributed by atoms with Crippen molar-refractivity contribution in [3.8, 4) is 5.88 Å². The average Bonchev–Trinajstić information content (AvgIpc) is 2.70. The molecule has 2 unspecified atom stereocenters. The molecule has 1 aromatic rings. The zero-order valence-electron chi connectivity index (χ0n) is 10.9. The minimum absolute atomic E-state index is 0.556. The first-order valence-corrected chi connectivity index (χ1v) is 6.92. The molecule has 4 heteroatoms. The van der Waals surface area contributed by atoms with Crippen molar-refractivity contribution in [2.24, 2.45) is 5.92 Å². The molecule has 2 atom stereocenters. The molecule has 1 saturated carbocycles. The predicted octanol–water partition coefficient (Wildman–Crippen LogP) is 2.88. The number of rotatable bonds is 1. The number of aromatic nitrogens is 1. The normalized spacial score (nSPS) is 26.7. The summed E-state index contributed by atoms with van der Waals surface area (Å²) in [6, 6.07) is 4.52. The molecule has 0 spiro atoms. The van der Waals surface area contributed by atoms with Crippen molar-refractivity contribution in [3.05, 3.63) is 12.1 Å². The van der Waals surface area contributed by atoms with Crippen molar-refractivity contribution < 1.29 is 4.74 Å². The van der Waals surface area contributed by atoms with Crippen LogP contribution in [0.4, 0.5) is 11.5 Å². The molecule has 0 bridgehead atoms. The molecule has 2 heterocycles. The number of hydrogen-bond acceptors (Lipinski definition) is 4. The number of ether oxygens (including phenoxy) is 1. The lowest BCUT2D eigenvalue weighted by molar-refractivity contribution is 0.398. The number of fused-ring (bicyclic) bond motifs is 2. The third kappa shape index (κ3) is 2.24. The largest absolute Gasteiger partial charge is 0.481 e. The summed E-state index contributed by atoms with van der Waals surface area (Å²) in [5.74, 6) is 2.34. The second kappa shape index (κ2) is 5.04. The summed E-state index contributed by atoms with van der Waals surface area (Å²) in [6.07, 6.45) is 6.62. The number of nitrogens with zero attached hydrogens (tertiary/aromatic N) is 1. The monoisotopic (exact) mass is 247 g/mol. The molecule has 1 aromatic heterocycles. The number of methoxy groups -OCH3 is 1. The quantitative estimate of drug-likeness (QED) is 0.801. The Morgan fingerprint density at radius 2 is 2.11 bits per heavy atom. The summed E-state index contributed by atoms with van der Waals surface area (Å²) < 4.78 is 5.20. The van der Waals surface area contributed by atoms with Crippen molar-refractivity contribution in [2.75, 3.05) is 24.3 Å². The van der Waals surface area contributed by atoms with E-state index in [1.807, 2.05) is 6.07 Å². The highest BCUT2D eigenvalue weighted by atomic mass is 16.5. The van der Waals surface area contributed by atoms with Gasteiger partial charge in [-0.25, -0.2) is 0 Å². The molecule has 1 aliphatic carbocycles. The van der Waals surface area contributed by atoms with Crippen LogP contribution in [-0.4, -0.2) is 24.7 Å². The van der Waals surface area contributed by atoms with Crippen LogP contribution in [0.3, 0.4) is 0 Å². The van der Waals surface area contributed by atoms with Gasteiger partial charge in [0.25, 0.3) is 0 Å². The van der Waals surface area contributed by atoms with Crippen LogP contribution >= 0.6 is 0 Å². The van der Waals surface area contributed by atoms with Gasteiger partial charge in [-0.3, -0.25) is 0 Å². The van der Waals surface area contributed by atoms with Gasteiger partial charge in [-0.2, -0.15) is 4.98 Å². The molecular weight excluding hydrogens is 226 g/mol.